The number of carbonyl (C=O) groups excluding carboxylic acids is 2. The normalized spacial score (nSPS) is 7.14. The van der Waals surface area contributed by atoms with Crippen LogP contribution in [0.2, 0.25) is 0 Å². The highest BCUT2D eigenvalue weighted by molar-refractivity contribution is 5.69. The Kier molecular flexibility index (Phi) is 9.04. The molecule has 0 fully saturated rings. The zero-order valence-electron chi connectivity index (χ0n) is 7.51. The van der Waals surface area contributed by atoms with E-state index < -0.39 is 6.03 Å². The Morgan fingerprint density at radius 2 is 1.57 bits per heavy atom. The molecule has 0 unspecified atom stereocenters. The van der Waals surface area contributed by atoms with E-state index >= 15 is 0 Å². The number of amides is 2. The van der Waals surface area contributed by atoms with Gasteiger partial charge in [-0.25, -0.2) is 4.79 Å². The predicted octanol–water partition coefficient (Wildman–Crippen LogP) is -0.187. The Balaban J connectivity index is 0. The molecule has 0 spiro atoms. The minimum absolute atomic E-state index is 0.146. The second kappa shape index (κ2) is 8.85. The smallest absolute Gasteiger partial charge is 0.309 e. The highest BCUT2D eigenvalue weighted by Gasteiger charge is 1.87. The lowest BCUT2D eigenvalue weighted by atomic mass is 10.3. The summed E-state index contributed by atoms with van der Waals surface area (Å²) in [6.07, 6.45) is 0. The quantitative estimate of drug-likeness (QED) is 0.340. The summed E-state index contributed by atoms with van der Waals surface area (Å²) in [6.45, 7) is 2.00. The molecule has 0 atom stereocenters. The van der Waals surface area contributed by atoms with Gasteiger partial charge in [0, 0.05) is 0 Å². The molecular weight excluding hydrogens is 186 g/mol. The first kappa shape index (κ1) is 14.3. The van der Waals surface area contributed by atoms with Gasteiger partial charge in [-0.1, -0.05) is 12.1 Å². The Morgan fingerprint density at radius 1 is 1.21 bits per heavy atom. The number of urea groups is 1. The SMILES string of the molecule is C=O.NC(N)=O.Nc1ccccc1O. The van der Waals surface area contributed by atoms with Gasteiger partial charge < -0.3 is 27.1 Å². The fraction of sp³-hybridized carbons (Fsp3) is 0. The first-order valence-electron chi connectivity index (χ1n) is 3.41. The number of carbonyl (C=O) groups is 2. The van der Waals surface area contributed by atoms with Crippen molar-refractivity contribution >= 4 is 18.5 Å². The monoisotopic (exact) mass is 199 g/mol. The van der Waals surface area contributed by atoms with Crippen LogP contribution in [0.1, 0.15) is 0 Å². The number of rotatable bonds is 0. The summed E-state index contributed by atoms with van der Waals surface area (Å²) in [6, 6.07) is 5.87. The van der Waals surface area contributed by atoms with Gasteiger partial charge in [-0.2, -0.15) is 0 Å². The van der Waals surface area contributed by atoms with Gasteiger partial charge >= 0.3 is 6.03 Å². The summed E-state index contributed by atoms with van der Waals surface area (Å²) < 4.78 is 0. The average Bonchev–Trinajstić information content (AvgIpc) is 2.13. The molecule has 0 aromatic heterocycles. The minimum Gasteiger partial charge on any atom is -0.506 e. The molecule has 0 saturated heterocycles. The topological polar surface area (TPSA) is 132 Å². The van der Waals surface area contributed by atoms with Crippen LogP contribution >= 0.6 is 0 Å². The summed E-state index contributed by atoms with van der Waals surface area (Å²) >= 11 is 0. The summed E-state index contributed by atoms with van der Waals surface area (Å²) in [4.78, 5) is 17.0. The molecule has 0 bridgehead atoms. The van der Waals surface area contributed by atoms with E-state index in [1.807, 2.05) is 6.79 Å². The molecular formula is C8H13N3O3. The third-order valence-corrected chi connectivity index (χ3v) is 0.937. The standard InChI is InChI=1S/C6H7NO.CH4N2O.CH2O/c7-5-3-1-2-4-6(5)8;2-1(3)4;1-2/h1-4,8H,7H2;(H4,2,3,4);1H2. The van der Waals surface area contributed by atoms with E-state index in [9.17, 15) is 0 Å². The van der Waals surface area contributed by atoms with Crippen LogP contribution in [0.3, 0.4) is 0 Å². The van der Waals surface area contributed by atoms with Gasteiger partial charge in [0.05, 0.1) is 5.69 Å². The van der Waals surface area contributed by atoms with Gasteiger partial charge in [-0.3, -0.25) is 0 Å². The van der Waals surface area contributed by atoms with Gasteiger partial charge in [0.1, 0.15) is 12.5 Å². The molecule has 7 N–H and O–H groups in total. The van der Waals surface area contributed by atoms with E-state index in [2.05, 4.69) is 11.5 Å². The lowest BCUT2D eigenvalue weighted by Crippen LogP contribution is -2.18. The van der Waals surface area contributed by atoms with Gasteiger partial charge in [0.2, 0.25) is 0 Å². The van der Waals surface area contributed by atoms with Crippen molar-refractivity contribution in [2.45, 2.75) is 0 Å². The molecule has 14 heavy (non-hydrogen) atoms. The van der Waals surface area contributed by atoms with Crippen LogP contribution in [0.5, 0.6) is 5.75 Å². The average molecular weight is 199 g/mol. The zero-order chi connectivity index (χ0) is 11.6. The molecule has 0 aliphatic rings. The number of phenolic OH excluding ortho intramolecular Hbond substituents is 1. The van der Waals surface area contributed by atoms with E-state index in [0.29, 0.717) is 5.69 Å². The maximum Gasteiger partial charge on any atom is 0.309 e. The van der Waals surface area contributed by atoms with Crippen LogP contribution in [0.25, 0.3) is 0 Å². The summed E-state index contributed by atoms with van der Waals surface area (Å²) in [5.41, 5.74) is 14.2. The van der Waals surface area contributed by atoms with Crippen molar-refractivity contribution in [2.75, 3.05) is 5.73 Å². The van der Waals surface area contributed by atoms with Crippen molar-refractivity contribution in [2.24, 2.45) is 11.5 Å². The second-order valence-corrected chi connectivity index (χ2v) is 1.96. The highest BCUT2D eigenvalue weighted by atomic mass is 16.3. The second-order valence-electron chi connectivity index (χ2n) is 1.96. The number of hydrogen-bond donors (Lipinski definition) is 4. The maximum absolute atomic E-state index is 9.00. The zero-order valence-corrected chi connectivity index (χ0v) is 7.51. The number of anilines is 1. The molecule has 78 valence electrons. The van der Waals surface area contributed by atoms with E-state index in [1.165, 1.54) is 0 Å². The Morgan fingerprint density at radius 3 is 1.79 bits per heavy atom. The van der Waals surface area contributed by atoms with Gasteiger partial charge in [-0.15, -0.1) is 0 Å². The third-order valence-electron chi connectivity index (χ3n) is 0.937. The predicted molar refractivity (Wildman–Crippen MR) is 53.4 cm³/mol. The maximum atomic E-state index is 9.00. The minimum atomic E-state index is -0.833. The van der Waals surface area contributed by atoms with Crippen molar-refractivity contribution < 1.29 is 14.7 Å². The molecule has 6 heteroatoms. The molecule has 0 radical (unpaired) electrons. The number of primary amides is 2. The summed E-state index contributed by atoms with van der Waals surface area (Å²) in [5, 5.41) is 8.79. The van der Waals surface area contributed by atoms with Gasteiger partial charge in [-0.05, 0) is 12.1 Å². The van der Waals surface area contributed by atoms with Crippen LogP contribution in [-0.4, -0.2) is 17.9 Å². The Bertz CT molecular complexity index is 253. The largest absolute Gasteiger partial charge is 0.506 e. The first-order chi connectivity index (χ1) is 6.54. The van der Waals surface area contributed by atoms with Gasteiger partial charge in [0.15, 0.2) is 0 Å². The van der Waals surface area contributed by atoms with Crippen molar-refractivity contribution in [1.29, 1.82) is 0 Å². The van der Waals surface area contributed by atoms with Crippen LogP contribution < -0.4 is 17.2 Å². The number of nitrogen functional groups attached to an aromatic ring is 1. The molecule has 0 saturated carbocycles. The first-order valence-corrected chi connectivity index (χ1v) is 3.41. The fourth-order valence-electron chi connectivity index (χ4n) is 0.488. The van der Waals surface area contributed by atoms with Crippen LogP contribution in [-0.2, 0) is 4.79 Å². The molecule has 1 aromatic carbocycles. The van der Waals surface area contributed by atoms with Crippen molar-refractivity contribution in [3.8, 4) is 5.75 Å². The molecule has 0 heterocycles. The van der Waals surface area contributed by atoms with E-state index in [4.69, 9.17) is 20.4 Å². The van der Waals surface area contributed by atoms with Crippen molar-refractivity contribution in [3.05, 3.63) is 24.3 Å². The number of hydrogen-bond acceptors (Lipinski definition) is 4. The lowest BCUT2D eigenvalue weighted by molar-refractivity contribution is -0.0979. The molecule has 6 nitrogen and oxygen atoms in total. The molecule has 0 aliphatic carbocycles. The molecule has 2 amide bonds. The Labute approximate surface area is 81.3 Å². The number of aromatic hydroxyl groups is 1. The van der Waals surface area contributed by atoms with Crippen LogP contribution in [0, 0.1) is 0 Å². The number of nitrogens with two attached hydrogens (primary N) is 3. The van der Waals surface area contributed by atoms with Crippen LogP contribution in [0.4, 0.5) is 10.5 Å². The van der Waals surface area contributed by atoms with Crippen molar-refractivity contribution in [1.82, 2.24) is 0 Å². The number of phenols is 1. The molecule has 1 aromatic rings. The highest BCUT2D eigenvalue weighted by Crippen LogP contribution is 2.16. The van der Waals surface area contributed by atoms with Gasteiger partial charge in [0.25, 0.3) is 0 Å². The lowest BCUT2D eigenvalue weighted by Gasteiger charge is -1.92. The van der Waals surface area contributed by atoms with E-state index in [-0.39, 0.29) is 5.75 Å². The summed E-state index contributed by atoms with van der Waals surface area (Å²) in [7, 11) is 0. The molecule has 1 rings (SSSR count). The van der Waals surface area contributed by atoms with Crippen LogP contribution in [0.15, 0.2) is 24.3 Å². The van der Waals surface area contributed by atoms with Crippen molar-refractivity contribution in [3.63, 3.8) is 0 Å². The number of para-hydroxylation sites is 2. The summed E-state index contributed by atoms with van der Waals surface area (Å²) in [5.74, 6) is 0.146. The number of benzene rings is 1. The fourth-order valence-corrected chi connectivity index (χ4v) is 0.488. The van der Waals surface area contributed by atoms with E-state index in [0.717, 1.165) is 0 Å². The molecule has 0 aliphatic heterocycles. The Hall–Kier alpha value is -2.24. The third kappa shape index (κ3) is 9.76. The van der Waals surface area contributed by atoms with E-state index in [1.54, 1.807) is 24.3 Å².